The van der Waals surface area contributed by atoms with Crippen LogP contribution in [-0.2, 0) is 30.8 Å². The molecule has 0 spiro atoms. The van der Waals surface area contributed by atoms with Gasteiger partial charge in [-0.05, 0) is 37.0 Å². The van der Waals surface area contributed by atoms with E-state index in [1.807, 2.05) is 6.92 Å². The van der Waals surface area contributed by atoms with Crippen LogP contribution in [0.2, 0.25) is 0 Å². The third-order valence-corrected chi connectivity index (χ3v) is 5.40. The van der Waals surface area contributed by atoms with Crippen molar-refractivity contribution in [2.75, 3.05) is 33.1 Å². The van der Waals surface area contributed by atoms with Crippen LogP contribution in [-0.4, -0.2) is 52.3 Å². The molecule has 29 heavy (non-hydrogen) atoms. The fourth-order valence-electron chi connectivity index (χ4n) is 2.82. The summed E-state index contributed by atoms with van der Waals surface area (Å²) in [6, 6.07) is 2.31. The molecule has 1 aromatic carbocycles. The number of methoxy groups -OCH3 is 1. The highest BCUT2D eigenvalue weighted by Crippen LogP contribution is 2.29. The van der Waals surface area contributed by atoms with Gasteiger partial charge in [-0.2, -0.15) is 4.31 Å². The molecule has 1 atom stereocenters. The minimum atomic E-state index is -3.46. The van der Waals surface area contributed by atoms with Gasteiger partial charge in [-0.25, -0.2) is 17.2 Å². The van der Waals surface area contributed by atoms with Crippen molar-refractivity contribution >= 4 is 16.5 Å². The predicted octanol–water partition coefficient (Wildman–Crippen LogP) is 3.07. The van der Waals surface area contributed by atoms with Gasteiger partial charge in [-0.1, -0.05) is 6.92 Å². The van der Waals surface area contributed by atoms with Crippen molar-refractivity contribution in [3.8, 4) is 12.8 Å². The molecule has 0 amide bonds. The van der Waals surface area contributed by atoms with E-state index in [4.69, 9.17) is 9.53 Å². The molecular weight excluding hydrogens is 404 g/mol. The van der Waals surface area contributed by atoms with Crippen LogP contribution in [0.15, 0.2) is 12.1 Å². The van der Waals surface area contributed by atoms with Crippen LogP contribution in [0.3, 0.4) is 0 Å². The van der Waals surface area contributed by atoms with Crippen LogP contribution in [0, 0.1) is 24.5 Å². The van der Waals surface area contributed by atoms with E-state index in [-0.39, 0.29) is 24.6 Å². The second-order valence-electron chi connectivity index (χ2n) is 6.31. The quantitative estimate of drug-likeness (QED) is 0.488. The van der Waals surface area contributed by atoms with Crippen LogP contribution in [0.5, 0.6) is 0 Å². The van der Waals surface area contributed by atoms with Crippen molar-refractivity contribution in [1.29, 1.82) is 0 Å². The Bertz CT molecular complexity index is 747. The molecule has 0 saturated carbocycles. The lowest BCUT2D eigenvalue weighted by Crippen LogP contribution is -2.30. The average Bonchev–Trinajstić information content (AvgIpc) is 2.71. The van der Waals surface area contributed by atoms with Crippen LogP contribution in [0.4, 0.5) is 8.78 Å². The molecule has 1 aliphatic rings. The van der Waals surface area contributed by atoms with Gasteiger partial charge in [0, 0.05) is 31.2 Å². The third kappa shape index (κ3) is 9.35. The first kappa shape index (κ1) is 27.0. The predicted molar refractivity (Wildman–Crippen MR) is 108 cm³/mol. The summed E-state index contributed by atoms with van der Waals surface area (Å²) in [7, 11) is -2.15. The first-order valence-electron chi connectivity index (χ1n) is 9.05. The Labute approximate surface area is 172 Å². The molecule has 9 heteroatoms. The van der Waals surface area contributed by atoms with Crippen molar-refractivity contribution in [1.82, 2.24) is 4.31 Å². The molecule has 0 unspecified atom stereocenters. The maximum atomic E-state index is 14.4. The lowest BCUT2D eigenvalue weighted by atomic mass is 9.92. The zero-order valence-corrected chi connectivity index (χ0v) is 17.9. The van der Waals surface area contributed by atoms with E-state index in [0.717, 1.165) is 29.5 Å². The summed E-state index contributed by atoms with van der Waals surface area (Å²) in [6.07, 6.45) is 11.3. The number of carbonyl (C=O) groups excluding carboxylic acids is 1. The Morgan fingerprint density at radius 3 is 2.38 bits per heavy atom. The molecule has 1 saturated heterocycles. The standard InChI is InChI=1S/C16H23F2NO3S.C2H4O2.C2H2/c1-3-6-19(23(2,20)21)10-13-8-16(18)14(9-15(13)17)12-5-4-7-22-11-12;1-4-2-3;1-2/h8-9,12H,3-7,10-11H2,1-2H3;2H,1H3;1-2H/t12-;;/m1../s1. The summed E-state index contributed by atoms with van der Waals surface area (Å²) >= 11 is 0. The van der Waals surface area contributed by atoms with Crippen molar-refractivity contribution < 1.29 is 31.5 Å². The lowest BCUT2D eigenvalue weighted by Gasteiger charge is -2.24. The third-order valence-electron chi connectivity index (χ3n) is 4.15. The highest BCUT2D eigenvalue weighted by molar-refractivity contribution is 7.88. The van der Waals surface area contributed by atoms with Gasteiger partial charge in [-0.15, -0.1) is 12.8 Å². The second-order valence-corrected chi connectivity index (χ2v) is 8.29. The first-order valence-corrected chi connectivity index (χ1v) is 10.9. The number of terminal acetylenes is 1. The van der Waals surface area contributed by atoms with E-state index in [1.165, 1.54) is 13.2 Å². The van der Waals surface area contributed by atoms with Crippen LogP contribution >= 0.6 is 0 Å². The molecule has 0 bridgehead atoms. The van der Waals surface area contributed by atoms with Gasteiger partial charge >= 0.3 is 0 Å². The maximum Gasteiger partial charge on any atom is 0.292 e. The SMILES string of the molecule is C#C.CCCN(Cc1cc(F)c([C@@H]2CCCOC2)cc1F)S(C)(=O)=O.COC=O. The van der Waals surface area contributed by atoms with E-state index < -0.39 is 21.7 Å². The van der Waals surface area contributed by atoms with Crippen molar-refractivity contribution in [3.63, 3.8) is 0 Å². The van der Waals surface area contributed by atoms with Gasteiger partial charge in [0.15, 0.2) is 0 Å². The van der Waals surface area contributed by atoms with Crippen LogP contribution < -0.4 is 0 Å². The van der Waals surface area contributed by atoms with E-state index in [2.05, 4.69) is 17.6 Å². The molecule has 0 aromatic heterocycles. The fraction of sp³-hybridized carbons (Fsp3) is 0.550. The fourth-order valence-corrected chi connectivity index (χ4v) is 3.71. The number of hydrogen-bond donors (Lipinski definition) is 0. The molecular formula is C20H29F2NO5S. The molecule has 0 aliphatic carbocycles. The van der Waals surface area contributed by atoms with Crippen molar-refractivity contribution in [3.05, 3.63) is 34.9 Å². The molecule has 1 aliphatic heterocycles. The summed E-state index contributed by atoms with van der Waals surface area (Å²) in [5.74, 6) is -1.22. The molecule has 1 aromatic rings. The van der Waals surface area contributed by atoms with Gasteiger partial charge < -0.3 is 9.47 Å². The van der Waals surface area contributed by atoms with E-state index in [9.17, 15) is 17.2 Å². The summed E-state index contributed by atoms with van der Waals surface area (Å²) < 4.78 is 62.5. The Morgan fingerprint density at radius 1 is 1.31 bits per heavy atom. The van der Waals surface area contributed by atoms with Gasteiger partial charge in [0.2, 0.25) is 10.0 Å². The van der Waals surface area contributed by atoms with Crippen LogP contribution in [0.25, 0.3) is 0 Å². The molecule has 1 fully saturated rings. The number of sulfonamides is 1. The number of hydrogen-bond acceptors (Lipinski definition) is 5. The molecule has 0 radical (unpaired) electrons. The summed E-state index contributed by atoms with van der Waals surface area (Å²) in [6.45, 7) is 3.37. The number of carbonyl (C=O) groups is 1. The highest BCUT2D eigenvalue weighted by atomic mass is 32.2. The Balaban J connectivity index is 0.00000116. The zero-order chi connectivity index (χ0) is 22.4. The smallest absolute Gasteiger partial charge is 0.292 e. The summed E-state index contributed by atoms with van der Waals surface area (Å²) in [4.78, 5) is 8.95. The van der Waals surface area contributed by atoms with Crippen LogP contribution in [0.1, 0.15) is 43.2 Å². The van der Waals surface area contributed by atoms with E-state index in [0.29, 0.717) is 31.7 Å². The molecule has 1 heterocycles. The molecule has 164 valence electrons. The van der Waals surface area contributed by atoms with Gasteiger partial charge in [-0.3, -0.25) is 4.79 Å². The number of halogens is 2. The topological polar surface area (TPSA) is 72.9 Å². The normalized spacial score (nSPS) is 16.1. The first-order chi connectivity index (χ1) is 13.7. The largest absolute Gasteiger partial charge is 0.471 e. The summed E-state index contributed by atoms with van der Waals surface area (Å²) in [5, 5.41) is 0. The number of rotatable bonds is 7. The number of benzene rings is 1. The second kappa shape index (κ2) is 14.0. The Hall–Kier alpha value is -2.02. The van der Waals surface area contributed by atoms with Crippen molar-refractivity contribution in [2.24, 2.45) is 0 Å². The molecule has 2 rings (SSSR count). The number of nitrogens with zero attached hydrogens (tertiary/aromatic N) is 1. The number of ether oxygens (including phenoxy) is 2. The van der Waals surface area contributed by atoms with Gasteiger partial charge in [0.1, 0.15) is 11.6 Å². The summed E-state index contributed by atoms with van der Waals surface area (Å²) in [5.41, 5.74) is 0.370. The van der Waals surface area contributed by atoms with Crippen molar-refractivity contribution in [2.45, 2.75) is 38.6 Å². The monoisotopic (exact) mass is 433 g/mol. The van der Waals surface area contributed by atoms with E-state index in [1.54, 1.807) is 0 Å². The minimum Gasteiger partial charge on any atom is -0.471 e. The Kier molecular flexibility index (Phi) is 13.1. The van der Waals surface area contributed by atoms with Gasteiger partial charge in [0.05, 0.1) is 20.0 Å². The maximum absolute atomic E-state index is 14.4. The highest BCUT2D eigenvalue weighted by Gasteiger charge is 2.23. The molecule has 0 N–H and O–H groups in total. The molecule has 6 nitrogen and oxygen atoms in total. The van der Waals surface area contributed by atoms with E-state index >= 15 is 0 Å². The Morgan fingerprint density at radius 2 is 1.93 bits per heavy atom. The average molecular weight is 434 g/mol. The minimum absolute atomic E-state index is 0.0573. The lowest BCUT2D eigenvalue weighted by molar-refractivity contribution is -0.126. The zero-order valence-electron chi connectivity index (χ0n) is 17.1. The van der Waals surface area contributed by atoms with Gasteiger partial charge in [0.25, 0.3) is 6.47 Å².